The molecule has 77 heavy (non-hydrogen) atoms. The van der Waals surface area contributed by atoms with E-state index >= 15 is 0 Å². The van der Waals surface area contributed by atoms with Crippen molar-refractivity contribution in [3.05, 3.63) is 0 Å². The van der Waals surface area contributed by atoms with Crippen LogP contribution in [0.2, 0.25) is 0 Å². The fourth-order valence-corrected chi connectivity index (χ4v) is 9.27. The normalized spacial score (nSPS) is 27.2. The minimum Gasteiger partial charge on any atom is -0.393 e. The molecular formula is C55H119N9O13. The molecule has 22 heteroatoms. The van der Waals surface area contributed by atoms with Crippen LogP contribution in [0.15, 0.2) is 0 Å². The first-order valence-electron chi connectivity index (χ1n) is 28.9. The molecule has 0 amide bonds. The number of nitrogens with two attached hydrogens (primary N) is 3. The molecule has 462 valence electrons. The molecule has 22 nitrogen and oxygen atoms in total. The molecular weight excluding hydrogens is 995 g/mol. The van der Waals surface area contributed by atoms with Crippen LogP contribution in [-0.2, 0) is 33.2 Å². The molecule has 1 heterocycles. The fraction of sp³-hybridized carbons (Fsp3) is 1.00. The van der Waals surface area contributed by atoms with E-state index in [-0.39, 0.29) is 46.2 Å². The summed E-state index contributed by atoms with van der Waals surface area (Å²) >= 11 is 0. The average molecular weight is 1110 g/mol. The molecule has 0 aliphatic carbocycles. The molecule has 0 aromatic carbocycles. The average Bonchev–Trinajstić information content (AvgIpc) is 3.34. The molecule has 0 radical (unpaired) electrons. The first-order chi connectivity index (χ1) is 35.8. The maximum Gasteiger partial charge on any atom is 0.189 e. The Balaban J connectivity index is 3.24. The fourth-order valence-electron chi connectivity index (χ4n) is 9.27. The molecule has 18 N–H and O–H groups in total. The molecule has 1 fully saturated rings. The summed E-state index contributed by atoms with van der Waals surface area (Å²) in [6.07, 6.45) is 7.28. The Kier molecular flexibility index (Phi) is 34.0. The zero-order valence-electron chi connectivity index (χ0n) is 50.6. The molecule has 0 saturated carbocycles. The van der Waals surface area contributed by atoms with E-state index in [1.165, 1.54) is 20.8 Å². The van der Waals surface area contributed by atoms with Crippen LogP contribution in [0.1, 0.15) is 141 Å². The van der Waals surface area contributed by atoms with Crippen molar-refractivity contribution < 1.29 is 63.8 Å². The zero-order valence-corrected chi connectivity index (χ0v) is 50.6. The number of unbranched alkanes of at least 4 members (excludes halogenated alkanes) is 2. The summed E-state index contributed by atoms with van der Waals surface area (Å²) in [5.41, 5.74) is 3.62. The number of nitrogens with one attached hydrogen (secondary N) is 6. The largest absolute Gasteiger partial charge is 0.393 e. The summed E-state index contributed by atoms with van der Waals surface area (Å²) in [6.45, 7) is 30.8. The summed E-state index contributed by atoms with van der Waals surface area (Å²) in [7, 11) is 0. The highest BCUT2D eigenvalue weighted by Gasteiger charge is 2.74. The van der Waals surface area contributed by atoms with Gasteiger partial charge < -0.3 is 113 Å². The van der Waals surface area contributed by atoms with Gasteiger partial charge in [0.25, 0.3) is 0 Å². The van der Waals surface area contributed by atoms with Gasteiger partial charge in [-0.15, -0.1) is 0 Å². The molecule has 0 spiro atoms. The SMILES string of the molecule is CC(O)CO[C@](C)(COCC(C)(CNCCCNCCCCNCCCN)O[C@@](C)(CO)OCC1(C)O[C@](C)(COCC(C)(CNCCCNCCCCNCCCN)OC(C)(C)CO)C(C)(O)[C@@](C)(O)[C@@]1(C)O)C(C)N. The number of hydrogen-bond donors (Lipinski definition) is 15. The van der Waals surface area contributed by atoms with Crippen LogP contribution in [0.5, 0.6) is 0 Å². The van der Waals surface area contributed by atoms with Gasteiger partial charge in [0.05, 0.1) is 64.6 Å². The first kappa shape index (κ1) is 74.1. The van der Waals surface area contributed by atoms with Crippen molar-refractivity contribution in [1.29, 1.82) is 0 Å². The highest BCUT2D eigenvalue weighted by Crippen LogP contribution is 2.54. The van der Waals surface area contributed by atoms with Gasteiger partial charge in [-0.25, -0.2) is 0 Å². The lowest BCUT2D eigenvalue weighted by molar-refractivity contribution is -0.418. The third-order valence-corrected chi connectivity index (χ3v) is 15.4. The Labute approximate surface area is 465 Å². The van der Waals surface area contributed by atoms with Crippen molar-refractivity contribution >= 4 is 0 Å². The van der Waals surface area contributed by atoms with Crippen molar-refractivity contribution in [2.45, 2.75) is 210 Å². The van der Waals surface area contributed by atoms with Crippen molar-refractivity contribution in [3.8, 4) is 0 Å². The highest BCUT2D eigenvalue weighted by atomic mass is 16.7. The van der Waals surface area contributed by atoms with Crippen LogP contribution < -0.4 is 49.1 Å². The Bertz CT molecular complexity index is 1540. The van der Waals surface area contributed by atoms with Gasteiger partial charge in [0.2, 0.25) is 0 Å². The lowest BCUT2D eigenvalue weighted by Crippen LogP contribution is -2.85. The highest BCUT2D eigenvalue weighted by molar-refractivity contribution is 5.24. The zero-order chi connectivity index (χ0) is 58.6. The molecule has 1 aliphatic rings. The van der Waals surface area contributed by atoms with Gasteiger partial charge in [-0.2, -0.15) is 0 Å². The van der Waals surface area contributed by atoms with Gasteiger partial charge in [-0.3, -0.25) is 0 Å². The smallest absolute Gasteiger partial charge is 0.189 e. The third-order valence-electron chi connectivity index (χ3n) is 15.4. The van der Waals surface area contributed by atoms with Crippen LogP contribution in [-0.4, -0.2) is 243 Å². The quantitative estimate of drug-likeness (QED) is 0.0280. The van der Waals surface area contributed by atoms with Crippen molar-refractivity contribution in [3.63, 3.8) is 0 Å². The Morgan fingerprint density at radius 3 is 1.32 bits per heavy atom. The van der Waals surface area contributed by atoms with E-state index in [9.17, 15) is 30.6 Å². The standard InChI is InChI=1S/C55H119N9O13/c1-44(67)34-73-49(7,45(2)58)41-71-40-48(6,36-64-33-21-31-62-27-17-15-25-60-29-19-23-57)76-52(10,38-66)74-43-51(9)54(12,69)55(13,70)53(11,68)50(8,77-51)42-72-39-47(5,75-46(3,4)37-65)35-63-32-20-30-61-26-16-14-24-59-28-18-22-56/h44-45,59-70H,14-43,56-58H2,1-13H3/t44?,45?,47?,48?,49-,50-,51?,52+,53?,54+,55-/m1/s1. The maximum atomic E-state index is 12.4. The maximum absolute atomic E-state index is 12.4. The summed E-state index contributed by atoms with van der Waals surface area (Å²) in [6, 6.07) is -0.452. The second kappa shape index (κ2) is 35.3. The minimum atomic E-state index is -2.23. The number of rotatable bonds is 49. The third kappa shape index (κ3) is 25.2. The van der Waals surface area contributed by atoms with E-state index in [0.29, 0.717) is 32.7 Å². The molecule has 1 aliphatic heterocycles. The Morgan fingerprint density at radius 1 is 0.506 bits per heavy atom. The lowest BCUT2D eigenvalue weighted by atomic mass is 9.58. The number of ether oxygens (including phenoxy) is 7. The number of hydrogen-bond acceptors (Lipinski definition) is 22. The van der Waals surface area contributed by atoms with Crippen molar-refractivity contribution in [1.82, 2.24) is 31.9 Å². The van der Waals surface area contributed by atoms with E-state index in [2.05, 4.69) is 31.9 Å². The monoisotopic (exact) mass is 1110 g/mol. The number of aliphatic hydroxyl groups is 6. The predicted molar refractivity (Wildman–Crippen MR) is 305 cm³/mol. The molecule has 0 aromatic rings. The van der Waals surface area contributed by atoms with Crippen molar-refractivity contribution in [2.75, 3.05) is 144 Å². The van der Waals surface area contributed by atoms with Crippen molar-refractivity contribution in [2.24, 2.45) is 17.2 Å². The molecule has 1 rings (SSSR count). The van der Waals surface area contributed by atoms with Crippen LogP contribution in [0.3, 0.4) is 0 Å². The van der Waals surface area contributed by atoms with E-state index < -0.39 is 81.6 Å². The van der Waals surface area contributed by atoms with Gasteiger partial charge in [-0.1, -0.05) is 0 Å². The molecule has 1 saturated heterocycles. The van der Waals surface area contributed by atoms with Crippen LogP contribution in [0.25, 0.3) is 0 Å². The summed E-state index contributed by atoms with van der Waals surface area (Å²) in [4.78, 5) is 0. The summed E-state index contributed by atoms with van der Waals surface area (Å²) < 4.78 is 45.2. The lowest BCUT2D eigenvalue weighted by Gasteiger charge is -2.66. The summed E-state index contributed by atoms with van der Waals surface area (Å²) in [5.74, 6) is -1.72. The van der Waals surface area contributed by atoms with Gasteiger partial charge in [-0.05, 0) is 220 Å². The van der Waals surface area contributed by atoms with Gasteiger partial charge in [0.1, 0.15) is 44.8 Å². The molecule has 0 bridgehead atoms. The molecule has 6 unspecified atom stereocenters. The summed E-state index contributed by atoms with van der Waals surface area (Å²) in [5, 5.41) is 88.9. The topological polar surface area (TPSA) is 336 Å². The van der Waals surface area contributed by atoms with E-state index in [4.69, 9.17) is 50.4 Å². The Morgan fingerprint density at radius 2 is 0.909 bits per heavy atom. The predicted octanol–water partition coefficient (Wildman–Crippen LogP) is -0.0541. The molecule has 11 atom stereocenters. The van der Waals surface area contributed by atoms with Crippen LogP contribution in [0, 0.1) is 0 Å². The second-order valence-electron chi connectivity index (χ2n) is 24.4. The number of aliphatic hydroxyl groups excluding tert-OH is 3. The van der Waals surface area contributed by atoms with E-state index in [1.54, 1.807) is 41.5 Å². The van der Waals surface area contributed by atoms with Crippen LogP contribution >= 0.6 is 0 Å². The molecule has 0 aromatic heterocycles. The Hall–Kier alpha value is -0.880. The van der Waals surface area contributed by atoms with E-state index in [0.717, 1.165) is 104 Å². The van der Waals surface area contributed by atoms with Gasteiger partial charge in [0.15, 0.2) is 5.79 Å². The minimum absolute atomic E-state index is 0.00756. The van der Waals surface area contributed by atoms with Crippen LogP contribution in [0.4, 0.5) is 0 Å². The first-order valence-corrected chi connectivity index (χ1v) is 28.9. The van der Waals surface area contributed by atoms with Gasteiger partial charge in [0, 0.05) is 19.1 Å². The van der Waals surface area contributed by atoms with Gasteiger partial charge >= 0.3 is 0 Å². The second-order valence-corrected chi connectivity index (χ2v) is 24.4. The van der Waals surface area contributed by atoms with E-state index in [1.807, 2.05) is 27.7 Å².